The van der Waals surface area contributed by atoms with Crippen LogP contribution in [0.25, 0.3) is 0 Å². The Labute approximate surface area is 137 Å². The number of piperidine rings is 1. The van der Waals surface area contributed by atoms with Crippen molar-refractivity contribution >= 4 is 43.4 Å². The SMILES string of the molecule is O=C(S)CC1(N(S)S)CCN(Cc2ccccc2)CC1. The summed E-state index contributed by atoms with van der Waals surface area (Å²) in [4.78, 5) is 13.8. The third-order valence-corrected chi connectivity index (χ3v) is 4.95. The Bertz CT molecular complexity index is 445. The smallest absolute Gasteiger partial charge is 0.187 e. The molecule has 0 atom stereocenters. The maximum atomic E-state index is 11.4. The second-order valence-electron chi connectivity index (χ2n) is 5.35. The van der Waals surface area contributed by atoms with Crippen molar-refractivity contribution in [1.82, 2.24) is 8.61 Å². The van der Waals surface area contributed by atoms with E-state index < -0.39 is 0 Å². The Balaban J connectivity index is 1.95. The lowest BCUT2D eigenvalue weighted by Gasteiger charge is -2.44. The van der Waals surface area contributed by atoms with Gasteiger partial charge < -0.3 is 0 Å². The molecule has 0 N–H and O–H groups in total. The summed E-state index contributed by atoms with van der Waals surface area (Å²) in [5, 5.41) is -0.102. The standard InChI is InChI=1S/C14H20N2OS3/c17-13(18)10-14(16(19)20)6-8-15(9-7-14)11-12-4-2-1-3-5-12/h1-5,19-20H,6-11H2,(H,17,18). The van der Waals surface area contributed by atoms with Crippen molar-refractivity contribution < 1.29 is 4.79 Å². The largest absolute Gasteiger partial charge is 0.299 e. The van der Waals surface area contributed by atoms with Gasteiger partial charge in [0.05, 0.1) is 5.54 Å². The molecule has 1 saturated heterocycles. The highest BCUT2D eigenvalue weighted by molar-refractivity contribution is 7.96. The van der Waals surface area contributed by atoms with Gasteiger partial charge in [0.25, 0.3) is 0 Å². The molecule has 0 unspecified atom stereocenters. The first-order valence-corrected chi connectivity index (χ1v) is 7.93. The van der Waals surface area contributed by atoms with E-state index in [4.69, 9.17) is 0 Å². The van der Waals surface area contributed by atoms with E-state index in [9.17, 15) is 4.79 Å². The number of benzene rings is 1. The van der Waals surface area contributed by atoms with Crippen molar-refractivity contribution in [3.8, 4) is 0 Å². The zero-order valence-electron chi connectivity index (χ0n) is 11.3. The van der Waals surface area contributed by atoms with Crippen LogP contribution in [0.3, 0.4) is 0 Å². The van der Waals surface area contributed by atoms with Crippen molar-refractivity contribution in [2.75, 3.05) is 13.1 Å². The van der Waals surface area contributed by atoms with Crippen LogP contribution in [-0.2, 0) is 11.3 Å². The molecule has 1 fully saturated rings. The molecular weight excluding hydrogens is 308 g/mol. The van der Waals surface area contributed by atoms with Crippen LogP contribution in [-0.4, -0.2) is 32.4 Å². The molecule has 2 rings (SSSR count). The Morgan fingerprint density at radius 1 is 1.20 bits per heavy atom. The topological polar surface area (TPSA) is 23.6 Å². The van der Waals surface area contributed by atoms with Gasteiger partial charge in [-0.15, -0.1) is 12.6 Å². The molecule has 0 bridgehead atoms. The third kappa shape index (κ3) is 4.18. The van der Waals surface area contributed by atoms with Crippen LogP contribution < -0.4 is 0 Å². The van der Waals surface area contributed by atoms with Crippen LogP contribution in [0.15, 0.2) is 30.3 Å². The van der Waals surface area contributed by atoms with E-state index >= 15 is 0 Å². The van der Waals surface area contributed by atoms with E-state index in [-0.39, 0.29) is 10.7 Å². The van der Waals surface area contributed by atoms with Crippen molar-refractivity contribution in [1.29, 1.82) is 0 Å². The molecule has 6 heteroatoms. The molecule has 1 aromatic rings. The minimum atomic E-state index is -0.280. The summed E-state index contributed by atoms with van der Waals surface area (Å²) in [5.74, 6) is 0. The first-order valence-electron chi connectivity index (χ1n) is 6.68. The minimum absolute atomic E-state index is 0.102. The lowest BCUT2D eigenvalue weighted by Crippen LogP contribution is -2.50. The summed E-state index contributed by atoms with van der Waals surface area (Å²) >= 11 is 12.6. The summed E-state index contributed by atoms with van der Waals surface area (Å²) in [6, 6.07) is 10.4. The zero-order valence-corrected chi connectivity index (χ0v) is 14.0. The van der Waals surface area contributed by atoms with Gasteiger partial charge in [-0.3, -0.25) is 9.69 Å². The summed E-state index contributed by atoms with van der Waals surface area (Å²) in [5.41, 5.74) is 1.04. The van der Waals surface area contributed by atoms with Crippen molar-refractivity contribution in [2.24, 2.45) is 0 Å². The maximum Gasteiger partial charge on any atom is 0.187 e. The number of carbonyl (C=O) groups excluding carboxylic acids is 1. The fourth-order valence-electron chi connectivity index (χ4n) is 2.70. The molecule has 0 radical (unpaired) electrons. The van der Waals surface area contributed by atoms with Gasteiger partial charge in [0.2, 0.25) is 0 Å². The Hall–Kier alpha value is -0.140. The van der Waals surface area contributed by atoms with Crippen LogP contribution >= 0.6 is 38.3 Å². The van der Waals surface area contributed by atoms with Gasteiger partial charge in [0.1, 0.15) is 0 Å². The van der Waals surface area contributed by atoms with Gasteiger partial charge in [-0.1, -0.05) is 56.0 Å². The first kappa shape index (κ1) is 16.2. The van der Waals surface area contributed by atoms with Gasteiger partial charge in [0.15, 0.2) is 5.12 Å². The number of hydrogen-bond acceptors (Lipinski definition) is 5. The van der Waals surface area contributed by atoms with Crippen LogP contribution in [0.1, 0.15) is 24.8 Å². The second kappa shape index (κ2) is 7.22. The minimum Gasteiger partial charge on any atom is -0.299 e. The number of nitrogens with zero attached hydrogens (tertiary/aromatic N) is 2. The Kier molecular flexibility index (Phi) is 5.86. The highest BCUT2D eigenvalue weighted by Crippen LogP contribution is 2.35. The molecule has 110 valence electrons. The highest BCUT2D eigenvalue weighted by Gasteiger charge is 2.39. The summed E-state index contributed by atoms with van der Waals surface area (Å²) < 4.78 is 1.60. The Morgan fingerprint density at radius 3 is 2.30 bits per heavy atom. The van der Waals surface area contributed by atoms with Crippen LogP contribution in [0, 0.1) is 0 Å². The molecule has 0 saturated carbocycles. The van der Waals surface area contributed by atoms with Gasteiger partial charge >= 0.3 is 0 Å². The number of carbonyl (C=O) groups is 1. The van der Waals surface area contributed by atoms with Crippen molar-refractivity contribution in [2.45, 2.75) is 31.3 Å². The average molecular weight is 329 g/mol. The fourth-order valence-corrected chi connectivity index (χ4v) is 3.53. The molecule has 20 heavy (non-hydrogen) atoms. The summed E-state index contributed by atoms with van der Waals surface area (Å²) in [7, 11) is 0. The number of likely N-dealkylation sites (tertiary alicyclic amines) is 1. The number of rotatable bonds is 5. The zero-order chi connectivity index (χ0) is 14.6. The Morgan fingerprint density at radius 2 is 1.80 bits per heavy atom. The van der Waals surface area contributed by atoms with Gasteiger partial charge in [-0.05, 0) is 18.4 Å². The molecule has 1 aliphatic rings. The van der Waals surface area contributed by atoms with Gasteiger partial charge in [-0.25, -0.2) is 0 Å². The van der Waals surface area contributed by atoms with E-state index in [2.05, 4.69) is 67.4 Å². The maximum absolute atomic E-state index is 11.4. The molecule has 1 aliphatic heterocycles. The summed E-state index contributed by atoms with van der Waals surface area (Å²) in [6.07, 6.45) is 2.14. The van der Waals surface area contributed by atoms with Crippen molar-refractivity contribution in [3.63, 3.8) is 0 Å². The molecule has 0 aliphatic carbocycles. The van der Waals surface area contributed by atoms with E-state index in [1.807, 2.05) is 6.07 Å². The molecule has 1 aromatic carbocycles. The van der Waals surface area contributed by atoms with E-state index in [1.54, 1.807) is 3.71 Å². The average Bonchev–Trinajstić information content (AvgIpc) is 2.41. The second-order valence-corrected chi connectivity index (χ2v) is 6.96. The molecule has 1 heterocycles. The monoisotopic (exact) mass is 328 g/mol. The molecular formula is C14H20N2OS3. The number of thiol groups is 3. The van der Waals surface area contributed by atoms with E-state index in [0.717, 1.165) is 32.5 Å². The highest BCUT2D eigenvalue weighted by atomic mass is 32.2. The quantitative estimate of drug-likeness (QED) is 0.725. The van der Waals surface area contributed by atoms with Crippen LogP contribution in [0.5, 0.6) is 0 Å². The van der Waals surface area contributed by atoms with E-state index in [0.29, 0.717) is 6.42 Å². The predicted molar refractivity (Wildman–Crippen MR) is 92.1 cm³/mol. The predicted octanol–water partition coefficient (Wildman–Crippen LogP) is 2.86. The molecule has 0 aromatic heterocycles. The van der Waals surface area contributed by atoms with Crippen molar-refractivity contribution in [3.05, 3.63) is 35.9 Å². The van der Waals surface area contributed by atoms with Crippen LogP contribution in [0.4, 0.5) is 0 Å². The first-order chi connectivity index (χ1) is 9.52. The normalized spacial score (nSPS) is 19.2. The fraction of sp³-hybridized carbons (Fsp3) is 0.500. The molecule has 0 amide bonds. The number of hydrogen-bond donors (Lipinski definition) is 3. The third-order valence-electron chi connectivity index (χ3n) is 3.94. The van der Waals surface area contributed by atoms with E-state index in [1.165, 1.54) is 5.56 Å². The lowest BCUT2D eigenvalue weighted by atomic mass is 9.85. The molecule has 0 spiro atoms. The van der Waals surface area contributed by atoms with Crippen LogP contribution in [0.2, 0.25) is 0 Å². The van der Waals surface area contributed by atoms with Gasteiger partial charge in [-0.2, -0.15) is 3.71 Å². The van der Waals surface area contributed by atoms with Gasteiger partial charge in [0, 0.05) is 26.1 Å². The lowest BCUT2D eigenvalue weighted by molar-refractivity contribution is -0.112. The molecule has 3 nitrogen and oxygen atoms in total. The summed E-state index contributed by atoms with van der Waals surface area (Å²) in [6.45, 7) is 2.83.